The molecule has 0 aliphatic rings. The van der Waals surface area contributed by atoms with E-state index in [1.165, 1.54) is 0 Å². The minimum atomic E-state index is -0.176. The van der Waals surface area contributed by atoms with Gasteiger partial charge < -0.3 is 5.32 Å². The van der Waals surface area contributed by atoms with Crippen LogP contribution < -0.4 is 5.32 Å². The summed E-state index contributed by atoms with van der Waals surface area (Å²) in [5.41, 5.74) is 4.90. The summed E-state index contributed by atoms with van der Waals surface area (Å²) >= 11 is 6.03. The Labute approximate surface area is 140 Å². The predicted molar refractivity (Wildman–Crippen MR) is 93.4 cm³/mol. The Bertz CT molecular complexity index is 899. The largest absolute Gasteiger partial charge is 0.320 e. The maximum absolute atomic E-state index is 12.8. The van der Waals surface area contributed by atoms with E-state index in [-0.39, 0.29) is 5.91 Å². The summed E-state index contributed by atoms with van der Waals surface area (Å²) < 4.78 is 1.85. The lowest BCUT2D eigenvalue weighted by Crippen LogP contribution is -2.17. The molecule has 3 aromatic rings. The molecule has 0 radical (unpaired) electrons. The number of hydrogen-bond acceptors (Lipinski definition) is 2. The number of fused-ring (bicyclic) bond motifs is 1. The quantitative estimate of drug-likeness (QED) is 0.774. The Morgan fingerprint density at radius 1 is 1.26 bits per heavy atom. The first-order valence-electron chi connectivity index (χ1n) is 7.55. The highest BCUT2D eigenvalue weighted by molar-refractivity contribution is 6.31. The molecule has 2 aromatic heterocycles. The molecule has 0 fully saturated rings. The van der Waals surface area contributed by atoms with Crippen molar-refractivity contribution < 1.29 is 4.79 Å². The summed E-state index contributed by atoms with van der Waals surface area (Å²) in [6, 6.07) is 9.36. The number of halogens is 1. The topological polar surface area (TPSA) is 46.4 Å². The number of benzene rings is 1. The van der Waals surface area contributed by atoms with Gasteiger partial charge in [0, 0.05) is 16.9 Å². The Hall–Kier alpha value is -2.33. The Morgan fingerprint density at radius 2 is 2.04 bits per heavy atom. The second-order valence-electron chi connectivity index (χ2n) is 5.56. The Kier molecular flexibility index (Phi) is 4.09. The van der Waals surface area contributed by atoms with Crippen LogP contribution in [0.4, 0.5) is 5.69 Å². The van der Waals surface area contributed by atoms with E-state index in [1.807, 2.05) is 55.6 Å². The van der Waals surface area contributed by atoms with E-state index in [0.29, 0.717) is 22.8 Å². The number of rotatable bonds is 3. The monoisotopic (exact) mass is 327 g/mol. The number of aryl methyl sites for hydroxylation is 3. The number of amides is 1. The number of aromatic nitrogens is 2. The van der Waals surface area contributed by atoms with E-state index in [9.17, 15) is 4.79 Å². The molecule has 1 N–H and O–H groups in total. The fraction of sp³-hybridized carbons (Fsp3) is 0.222. The highest BCUT2D eigenvalue weighted by Crippen LogP contribution is 2.22. The predicted octanol–water partition coefficient (Wildman–Crippen LogP) is 4.42. The van der Waals surface area contributed by atoms with Crippen molar-refractivity contribution in [1.82, 2.24) is 9.38 Å². The maximum atomic E-state index is 12.8. The molecule has 0 saturated heterocycles. The van der Waals surface area contributed by atoms with Crippen molar-refractivity contribution in [3.63, 3.8) is 0 Å². The van der Waals surface area contributed by atoms with E-state index in [2.05, 4.69) is 10.3 Å². The minimum Gasteiger partial charge on any atom is -0.320 e. The lowest BCUT2D eigenvalue weighted by molar-refractivity contribution is 0.102. The van der Waals surface area contributed by atoms with Crippen LogP contribution in [0.2, 0.25) is 5.02 Å². The maximum Gasteiger partial charge on any atom is 0.274 e. The zero-order valence-corrected chi connectivity index (χ0v) is 14.1. The van der Waals surface area contributed by atoms with Crippen LogP contribution in [-0.2, 0) is 6.42 Å². The fourth-order valence-corrected chi connectivity index (χ4v) is 2.82. The molecule has 0 bridgehead atoms. The van der Waals surface area contributed by atoms with Gasteiger partial charge in [0.1, 0.15) is 11.3 Å². The number of hydrogen-bond donors (Lipinski definition) is 1. The summed E-state index contributed by atoms with van der Waals surface area (Å²) in [6.07, 6.45) is 2.56. The first-order valence-corrected chi connectivity index (χ1v) is 7.93. The molecular weight excluding hydrogens is 310 g/mol. The van der Waals surface area contributed by atoms with Crippen LogP contribution in [-0.4, -0.2) is 15.3 Å². The van der Waals surface area contributed by atoms with Gasteiger partial charge in [-0.15, -0.1) is 0 Å². The third kappa shape index (κ3) is 2.82. The molecule has 1 aromatic carbocycles. The second kappa shape index (κ2) is 6.05. The SMILES string of the molecule is CCc1nc2c(C)cccn2c1C(=O)Nc1cc(Cl)ccc1C. The van der Waals surface area contributed by atoms with Gasteiger partial charge in [0.2, 0.25) is 0 Å². The number of anilines is 1. The normalized spacial score (nSPS) is 11.0. The molecule has 5 heteroatoms. The summed E-state index contributed by atoms with van der Waals surface area (Å²) in [5, 5.41) is 3.55. The molecule has 0 saturated carbocycles. The number of imidazole rings is 1. The molecule has 23 heavy (non-hydrogen) atoms. The van der Waals surface area contributed by atoms with Gasteiger partial charge in [0.25, 0.3) is 5.91 Å². The van der Waals surface area contributed by atoms with Crippen molar-refractivity contribution in [3.05, 3.63) is 64.1 Å². The van der Waals surface area contributed by atoms with Crippen LogP contribution in [0.5, 0.6) is 0 Å². The summed E-state index contributed by atoms with van der Waals surface area (Å²) in [7, 11) is 0. The van der Waals surface area contributed by atoms with Crippen LogP contribution in [0.15, 0.2) is 36.5 Å². The minimum absolute atomic E-state index is 0.176. The number of pyridine rings is 1. The van der Waals surface area contributed by atoms with Crippen LogP contribution in [0.1, 0.15) is 34.2 Å². The van der Waals surface area contributed by atoms with Crippen molar-refractivity contribution in [3.8, 4) is 0 Å². The summed E-state index contributed by atoms with van der Waals surface area (Å²) in [4.78, 5) is 17.4. The van der Waals surface area contributed by atoms with Crippen molar-refractivity contribution in [2.75, 3.05) is 5.32 Å². The molecule has 2 heterocycles. The Morgan fingerprint density at radius 3 is 2.78 bits per heavy atom. The van der Waals surface area contributed by atoms with Crippen LogP contribution in [0.25, 0.3) is 5.65 Å². The lowest BCUT2D eigenvalue weighted by Gasteiger charge is -2.10. The van der Waals surface area contributed by atoms with Crippen molar-refractivity contribution >= 4 is 28.8 Å². The molecule has 1 amide bonds. The average Bonchev–Trinajstić information content (AvgIpc) is 2.91. The zero-order valence-electron chi connectivity index (χ0n) is 13.4. The molecule has 3 rings (SSSR count). The third-order valence-corrected chi connectivity index (χ3v) is 4.15. The van der Waals surface area contributed by atoms with E-state index >= 15 is 0 Å². The van der Waals surface area contributed by atoms with Gasteiger partial charge in [-0.05, 0) is 49.6 Å². The van der Waals surface area contributed by atoms with Gasteiger partial charge in [0.15, 0.2) is 0 Å². The summed E-state index contributed by atoms with van der Waals surface area (Å²) in [5.74, 6) is -0.176. The highest BCUT2D eigenvalue weighted by Gasteiger charge is 2.19. The number of carbonyl (C=O) groups is 1. The van der Waals surface area contributed by atoms with Crippen LogP contribution in [0.3, 0.4) is 0 Å². The van der Waals surface area contributed by atoms with Crippen molar-refractivity contribution in [2.45, 2.75) is 27.2 Å². The second-order valence-corrected chi connectivity index (χ2v) is 6.00. The van der Waals surface area contributed by atoms with Crippen molar-refractivity contribution in [2.24, 2.45) is 0 Å². The molecule has 118 valence electrons. The first kappa shape index (κ1) is 15.6. The molecule has 0 unspecified atom stereocenters. The molecule has 4 nitrogen and oxygen atoms in total. The van der Waals surface area contributed by atoms with Gasteiger partial charge in [-0.25, -0.2) is 4.98 Å². The van der Waals surface area contributed by atoms with Crippen molar-refractivity contribution in [1.29, 1.82) is 0 Å². The molecule has 0 aliphatic carbocycles. The molecule has 0 aliphatic heterocycles. The number of nitrogens with zero attached hydrogens (tertiary/aromatic N) is 2. The number of carbonyl (C=O) groups excluding carboxylic acids is 1. The first-order chi connectivity index (χ1) is 11.0. The Balaban J connectivity index is 2.07. The van der Waals surface area contributed by atoms with E-state index in [0.717, 1.165) is 22.5 Å². The standard InChI is InChI=1S/C18H18ClN3O/c1-4-14-16(22-9-5-6-12(3)17(22)20-14)18(23)21-15-10-13(19)8-7-11(15)2/h5-10H,4H2,1-3H3,(H,21,23). The third-order valence-electron chi connectivity index (χ3n) is 3.92. The molecule has 0 atom stereocenters. The van der Waals surface area contributed by atoms with Gasteiger partial charge in [0.05, 0.1) is 5.69 Å². The van der Waals surface area contributed by atoms with Gasteiger partial charge in [-0.3, -0.25) is 9.20 Å². The average molecular weight is 328 g/mol. The summed E-state index contributed by atoms with van der Waals surface area (Å²) in [6.45, 7) is 5.93. The zero-order chi connectivity index (χ0) is 16.6. The van der Waals surface area contributed by atoms with E-state index in [1.54, 1.807) is 6.07 Å². The fourth-order valence-electron chi connectivity index (χ4n) is 2.65. The highest BCUT2D eigenvalue weighted by atomic mass is 35.5. The van der Waals surface area contributed by atoms with Crippen LogP contribution >= 0.6 is 11.6 Å². The molecule has 0 spiro atoms. The van der Waals surface area contributed by atoms with Gasteiger partial charge >= 0.3 is 0 Å². The smallest absolute Gasteiger partial charge is 0.274 e. The van der Waals surface area contributed by atoms with E-state index < -0.39 is 0 Å². The van der Waals surface area contributed by atoms with Crippen LogP contribution in [0, 0.1) is 13.8 Å². The van der Waals surface area contributed by atoms with Gasteiger partial charge in [-0.2, -0.15) is 0 Å². The van der Waals surface area contributed by atoms with E-state index in [4.69, 9.17) is 11.6 Å². The lowest BCUT2D eigenvalue weighted by atomic mass is 10.2. The number of nitrogens with one attached hydrogen (secondary N) is 1. The van der Waals surface area contributed by atoms with Gasteiger partial charge in [-0.1, -0.05) is 30.7 Å². The molecular formula is C18H18ClN3O.